The van der Waals surface area contributed by atoms with Crippen LogP contribution in [0.15, 0.2) is 0 Å². The fourth-order valence-corrected chi connectivity index (χ4v) is 1.88. The number of hydrogen-bond donors (Lipinski definition) is 0. The molecule has 3 nitrogen and oxygen atoms in total. The molecule has 1 aliphatic heterocycles. The molecular formula is C11H25NO2. The second-order valence-electron chi connectivity index (χ2n) is 3.54. The summed E-state index contributed by atoms with van der Waals surface area (Å²) in [6.07, 6.45) is 1.52. The Hall–Kier alpha value is -0.120. The standard InChI is InChI=1S/C9H19NO2.C2H6/c1-10-5-4-9(12-3)8(6-10)7-11-2;1-2/h8-9H,4-7H2,1-3H3;1-2H3. The van der Waals surface area contributed by atoms with Crippen molar-refractivity contribution in [3.05, 3.63) is 0 Å². The number of ether oxygens (including phenoxy) is 2. The topological polar surface area (TPSA) is 21.7 Å². The minimum atomic E-state index is 0.390. The smallest absolute Gasteiger partial charge is 0.0645 e. The maximum absolute atomic E-state index is 5.40. The normalized spacial score (nSPS) is 28.1. The SMILES string of the molecule is CC.COCC1CN(C)CCC1OC. The molecule has 0 saturated carbocycles. The summed E-state index contributed by atoms with van der Waals surface area (Å²) in [5, 5.41) is 0. The van der Waals surface area contributed by atoms with E-state index in [1.165, 1.54) is 0 Å². The Bertz CT molecular complexity index is 130. The van der Waals surface area contributed by atoms with Crippen molar-refractivity contribution in [3.8, 4) is 0 Å². The Morgan fingerprint density at radius 3 is 2.43 bits per heavy atom. The lowest BCUT2D eigenvalue weighted by atomic mass is 9.96. The van der Waals surface area contributed by atoms with E-state index in [-0.39, 0.29) is 0 Å². The third-order valence-electron chi connectivity index (χ3n) is 2.55. The van der Waals surface area contributed by atoms with Gasteiger partial charge >= 0.3 is 0 Å². The minimum Gasteiger partial charge on any atom is -0.384 e. The van der Waals surface area contributed by atoms with Gasteiger partial charge in [0.25, 0.3) is 0 Å². The van der Waals surface area contributed by atoms with Crippen molar-refractivity contribution in [3.63, 3.8) is 0 Å². The van der Waals surface area contributed by atoms with Crippen LogP contribution in [0.1, 0.15) is 20.3 Å². The third kappa shape index (κ3) is 4.40. The van der Waals surface area contributed by atoms with Crippen LogP contribution in [0, 0.1) is 5.92 Å². The van der Waals surface area contributed by atoms with E-state index in [1.807, 2.05) is 13.8 Å². The molecule has 1 fully saturated rings. The van der Waals surface area contributed by atoms with Crippen molar-refractivity contribution < 1.29 is 9.47 Å². The summed E-state index contributed by atoms with van der Waals surface area (Å²) >= 11 is 0. The highest BCUT2D eigenvalue weighted by atomic mass is 16.5. The van der Waals surface area contributed by atoms with Crippen LogP contribution in [0.3, 0.4) is 0 Å². The molecule has 0 aliphatic carbocycles. The van der Waals surface area contributed by atoms with Crippen LogP contribution in [-0.2, 0) is 9.47 Å². The predicted octanol–water partition coefficient (Wildman–Crippen LogP) is 1.63. The average molecular weight is 203 g/mol. The average Bonchev–Trinajstić information content (AvgIpc) is 2.22. The van der Waals surface area contributed by atoms with Gasteiger partial charge in [0.2, 0.25) is 0 Å². The second kappa shape index (κ2) is 8.21. The van der Waals surface area contributed by atoms with Gasteiger partial charge in [-0.1, -0.05) is 13.8 Å². The number of hydrogen-bond acceptors (Lipinski definition) is 3. The van der Waals surface area contributed by atoms with Crippen LogP contribution in [0.25, 0.3) is 0 Å². The van der Waals surface area contributed by atoms with Crippen molar-refractivity contribution in [2.75, 3.05) is 41.0 Å². The van der Waals surface area contributed by atoms with Gasteiger partial charge in [0.15, 0.2) is 0 Å². The quantitative estimate of drug-likeness (QED) is 0.696. The Labute approximate surface area is 88.4 Å². The molecule has 1 saturated heterocycles. The first kappa shape index (κ1) is 13.9. The minimum absolute atomic E-state index is 0.390. The van der Waals surface area contributed by atoms with E-state index in [9.17, 15) is 0 Å². The zero-order chi connectivity index (χ0) is 11.0. The molecule has 0 aromatic heterocycles. The molecule has 0 aromatic carbocycles. The van der Waals surface area contributed by atoms with Gasteiger partial charge in [-0.3, -0.25) is 0 Å². The highest BCUT2D eigenvalue weighted by Crippen LogP contribution is 2.18. The van der Waals surface area contributed by atoms with E-state index in [1.54, 1.807) is 14.2 Å². The van der Waals surface area contributed by atoms with Crippen molar-refractivity contribution in [1.29, 1.82) is 0 Å². The monoisotopic (exact) mass is 203 g/mol. The molecule has 0 amide bonds. The summed E-state index contributed by atoms with van der Waals surface area (Å²) in [4.78, 5) is 2.33. The molecule has 1 rings (SSSR count). The highest BCUT2D eigenvalue weighted by molar-refractivity contribution is 4.79. The molecule has 14 heavy (non-hydrogen) atoms. The molecule has 0 aromatic rings. The molecule has 3 heteroatoms. The first-order valence-electron chi connectivity index (χ1n) is 5.48. The summed E-state index contributed by atoms with van der Waals surface area (Å²) < 4.78 is 10.6. The summed E-state index contributed by atoms with van der Waals surface area (Å²) in [6, 6.07) is 0. The lowest BCUT2D eigenvalue weighted by Crippen LogP contribution is -2.43. The summed E-state index contributed by atoms with van der Waals surface area (Å²) in [5.41, 5.74) is 0. The van der Waals surface area contributed by atoms with Crippen LogP contribution < -0.4 is 0 Å². The highest BCUT2D eigenvalue weighted by Gasteiger charge is 2.27. The van der Waals surface area contributed by atoms with Crippen LogP contribution in [0.4, 0.5) is 0 Å². The number of nitrogens with zero attached hydrogens (tertiary/aromatic N) is 1. The Morgan fingerprint density at radius 2 is 1.93 bits per heavy atom. The first-order valence-corrected chi connectivity index (χ1v) is 5.48. The van der Waals surface area contributed by atoms with E-state index in [0.717, 1.165) is 26.1 Å². The molecule has 0 bridgehead atoms. The molecule has 1 heterocycles. The zero-order valence-electron chi connectivity index (χ0n) is 10.2. The van der Waals surface area contributed by atoms with Gasteiger partial charge in [-0.05, 0) is 13.5 Å². The van der Waals surface area contributed by atoms with Crippen molar-refractivity contribution in [2.45, 2.75) is 26.4 Å². The maximum atomic E-state index is 5.40. The van der Waals surface area contributed by atoms with Crippen LogP contribution >= 0.6 is 0 Å². The molecule has 2 unspecified atom stereocenters. The maximum Gasteiger partial charge on any atom is 0.0645 e. The van der Waals surface area contributed by atoms with Gasteiger partial charge in [0.05, 0.1) is 12.7 Å². The third-order valence-corrected chi connectivity index (χ3v) is 2.55. The fraction of sp³-hybridized carbons (Fsp3) is 1.00. The molecule has 0 spiro atoms. The Morgan fingerprint density at radius 1 is 1.29 bits per heavy atom. The molecule has 0 N–H and O–H groups in total. The van der Waals surface area contributed by atoms with E-state index in [0.29, 0.717) is 12.0 Å². The van der Waals surface area contributed by atoms with Gasteiger partial charge in [0.1, 0.15) is 0 Å². The molecule has 1 aliphatic rings. The van der Waals surface area contributed by atoms with E-state index >= 15 is 0 Å². The second-order valence-corrected chi connectivity index (χ2v) is 3.54. The largest absolute Gasteiger partial charge is 0.384 e. The lowest BCUT2D eigenvalue weighted by molar-refractivity contribution is -0.0291. The Kier molecular flexibility index (Phi) is 8.14. The van der Waals surface area contributed by atoms with Crippen LogP contribution in [-0.4, -0.2) is 52.0 Å². The van der Waals surface area contributed by atoms with Crippen molar-refractivity contribution >= 4 is 0 Å². The molecule has 0 radical (unpaired) electrons. The lowest BCUT2D eigenvalue weighted by Gasteiger charge is -2.35. The van der Waals surface area contributed by atoms with Gasteiger partial charge in [-0.2, -0.15) is 0 Å². The van der Waals surface area contributed by atoms with Gasteiger partial charge in [-0.15, -0.1) is 0 Å². The van der Waals surface area contributed by atoms with Gasteiger partial charge in [-0.25, -0.2) is 0 Å². The van der Waals surface area contributed by atoms with Gasteiger partial charge in [0, 0.05) is 33.2 Å². The first-order chi connectivity index (χ1) is 6.77. The fourth-order valence-electron chi connectivity index (χ4n) is 1.88. The van der Waals surface area contributed by atoms with Crippen molar-refractivity contribution in [1.82, 2.24) is 4.90 Å². The number of methoxy groups -OCH3 is 2. The number of rotatable bonds is 3. The van der Waals surface area contributed by atoms with E-state index in [4.69, 9.17) is 9.47 Å². The molecular weight excluding hydrogens is 178 g/mol. The van der Waals surface area contributed by atoms with Crippen LogP contribution in [0.2, 0.25) is 0 Å². The molecule has 2 atom stereocenters. The predicted molar refractivity (Wildman–Crippen MR) is 59.6 cm³/mol. The Balaban J connectivity index is 0.000000791. The van der Waals surface area contributed by atoms with Crippen molar-refractivity contribution in [2.24, 2.45) is 5.92 Å². The van der Waals surface area contributed by atoms with Crippen LogP contribution in [0.5, 0.6) is 0 Å². The number of piperidine rings is 1. The summed E-state index contributed by atoms with van der Waals surface area (Å²) in [6.45, 7) is 7.04. The van der Waals surface area contributed by atoms with E-state index < -0.39 is 0 Å². The number of likely N-dealkylation sites (tertiary alicyclic amines) is 1. The molecule has 86 valence electrons. The van der Waals surface area contributed by atoms with Gasteiger partial charge < -0.3 is 14.4 Å². The van der Waals surface area contributed by atoms with E-state index in [2.05, 4.69) is 11.9 Å². The summed E-state index contributed by atoms with van der Waals surface area (Å²) in [5.74, 6) is 0.541. The zero-order valence-corrected chi connectivity index (χ0v) is 10.2. The summed E-state index contributed by atoms with van der Waals surface area (Å²) in [7, 11) is 5.69.